The van der Waals surface area contributed by atoms with Crippen LogP contribution < -0.4 is 15.8 Å². The number of methoxy groups -OCH3 is 1. The number of hydrogen-bond donors (Lipinski definition) is 3. The highest BCUT2D eigenvalue weighted by atomic mass is 32.2. The Labute approximate surface area is 136 Å². The number of benzene rings is 1. The molecule has 2 rings (SSSR count). The number of nitrogens with two attached hydrogens (primary N) is 1. The summed E-state index contributed by atoms with van der Waals surface area (Å²) in [5, 5.41) is 3.31. The molecule has 23 heavy (non-hydrogen) atoms. The summed E-state index contributed by atoms with van der Waals surface area (Å²) in [6.07, 6.45) is 1.81. The van der Waals surface area contributed by atoms with Gasteiger partial charge in [0.1, 0.15) is 0 Å². The zero-order chi connectivity index (χ0) is 17.1. The predicted molar refractivity (Wildman–Crippen MR) is 86.7 cm³/mol. The maximum absolute atomic E-state index is 12.5. The van der Waals surface area contributed by atoms with Gasteiger partial charge in [0.05, 0.1) is 17.0 Å². The third-order valence-corrected chi connectivity index (χ3v) is 5.54. The minimum absolute atomic E-state index is 0.0301. The first kappa shape index (κ1) is 17.9. The Hall–Kier alpha value is -1.48. The number of nitrogens with one attached hydrogen (secondary N) is 2. The van der Waals surface area contributed by atoms with Crippen LogP contribution in [0.25, 0.3) is 0 Å². The summed E-state index contributed by atoms with van der Waals surface area (Å²) in [6.45, 7) is 3.19. The highest BCUT2D eigenvalue weighted by Crippen LogP contribution is 2.21. The molecule has 1 fully saturated rings. The predicted octanol–water partition coefficient (Wildman–Crippen LogP) is 0.141. The van der Waals surface area contributed by atoms with Crippen LogP contribution in [0.2, 0.25) is 0 Å². The number of carbonyl (C=O) groups excluding carboxylic acids is 1. The number of aryl methyl sites for hydroxylation is 1. The van der Waals surface area contributed by atoms with Crippen molar-refractivity contribution in [3.63, 3.8) is 0 Å². The largest absolute Gasteiger partial charge is 0.383 e. The third-order valence-electron chi connectivity index (χ3n) is 4.14. The van der Waals surface area contributed by atoms with E-state index in [4.69, 9.17) is 10.5 Å². The van der Waals surface area contributed by atoms with E-state index in [1.54, 1.807) is 20.1 Å². The fraction of sp³-hybridized carbons (Fsp3) is 0.533. The zero-order valence-electron chi connectivity index (χ0n) is 13.4. The zero-order valence-corrected chi connectivity index (χ0v) is 14.2. The summed E-state index contributed by atoms with van der Waals surface area (Å²) < 4.78 is 32.8. The van der Waals surface area contributed by atoms with Gasteiger partial charge in [0.15, 0.2) is 0 Å². The number of amides is 1. The topological polar surface area (TPSA) is 111 Å². The van der Waals surface area contributed by atoms with Crippen molar-refractivity contribution in [3.8, 4) is 0 Å². The molecule has 0 spiro atoms. The summed E-state index contributed by atoms with van der Waals surface area (Å²) in [4.78, 5) is 11.4. The van der Waals surface area contributed by atoms with Crippen LogP contribution in [0.3, 0.4) is 0 Å². The summed E-state index contributed by atoms with van der Waals surface area (Å²) >= 11 is 0. The SMILES string of the molecule is COCC1(CNS(=O)(=O)c2ccc(C)c(C(N)=O)c2)CCCN1. The van der Waals surface area contributed by atoms with E-state index in [2.05, 4.69) is 10.0 Å². The molecule has 1 aromatic rings. The molecule has 1 aliphatic heterocycles. The number of primary amides is 1. The van der Waals surface area contributed by atoms with Gasteiger partial charge in [0.25, 0.3) is 0 Å². The molecular formula is C15H23N3O4S. The molecule has 1 heterocycles. The highest BCUT2D eigenvalue weighted by Gasteiger charge is 2.34. The van der Waals surface area contributed by atoms with Crippen LogP contribution in [0.4, 0.5) is 0 Å². The standard InChI is InChI=1S/C15H23N3O4S/c1-11-4-5-12(8-13(11)14(16)19)23(20,21)18-9-15(10-22-2)6-3-7-17-15/h4-5,8,17-18H,3,6-7,9-10H2,1-2H3,(H2,16,19). The quantitative estimate of drug-likeness (QED) is 0.653. The van der Waals surface area contributed by atoms with E-state index >= 15 is 0 Å². The normalized spacial score (nSPS) is 21.5. The van der Waals surface area contributed by atoms with E-state index < -0.39 is 15.9 Å². The van der Waals surface area contributed by atoms with E-state index in [1.165, 1.54) is 12.1 Å². The molecule has 7 nitrogen and oxygen atoms in total. The Morgan fingerprint density at radius 3 is 2.78 bits per heavy atom. The second-order valence-electron chi connectivity index (χ2n) is 5.91. The van der Waals surface area contributed by atoms with Crippen molar-refractivity contribution in [1.29, 1.82) is 0 Å². The minimum atomic E-state index is -3.73. The maximum Gasteiger partial charge on any atom is 0.249 e. The van der Waals surface area contributed by atoms with Gasteiger partial charge in [0.2, 0.25) is 15.9 Å². The van der Waals surface area contributed by atoms with E-state index in [0.717, 1.165) is 19.4 Å². The van der Waals surface area contributed by atoms with Crippen molar-refractivity contribution in [2.75, 3.05) is 26.8 Å². The Kier molecular flexibility index (Phi) is 5.41. The van der Waals surface area contributed by atoms with Gasteiger partial charge in [-0.3, -0.25) is 4.79 Å². The van der Waals surface area contributed by atoms with Crippen molar-refractivity contribution >= 4 is 15.9 Å². The second kappa shape index (κ2) is 6.96. The second-order valence-corrected chi connectivity index (χ2v) is 7.68. The molecule has 0 aromatic heterocycles. The van der Waals surface area contributed by atoms with Crippen LogP contribution in [-0.2, 0) is 14.8 Å². The molecule has 1 atom stereocenters. The molecule has 4 N–H and O–H groups in total. The van der Waals surface area contributed by atoms with Gasteiger partial charge >= 0.3 is 0 Å². The van der Waals surface area contributed by atoms with Gasteiger partial charge in [-0.1, -0.05) is 6.07 Å². The number of ether oxygens (including phenoxy) is 1. The molecule has 1 amide bonds. The van der Waals surface area contributed by atoms with E-state index in [0.29, 0.717) is 12.2 Å². The van der Waals surface area contributed by atoms with Gasteiger partial charge in [0, 0.05) is 19.2 Å². The fourth-order valence-electron chi connectivity index (χ4n) is 2.82. The number of sulfonamides is 1. The Morgan fingerprint density at radius 2 is 2.22 bits per heavy atom. The molecule has 0 aliphatic carbocycles. The molecule has 0 bridgehead atoms. The molecule has 8 heteroatoms. The van der Waals surface area contributed by atoms with Crippen molar-refractivity contribution in [1.82, 2.24) is 10.0 Å². The van der Waals surface area contributed by atoms with Crippen LogP contribution in [0.5, 0.6) is 0 Å². The molecule has 0 saturated carbocycles. The Balaban J connectivity index is 2.19. The van der Waals surface area contributed by atoms with Crippen molar-refractivity contribution in [3.05, 3.63) is 29.3 Å². The summed E-state index contributed by atoms with van der Waals surface area (Å²) in [5.74, 6) is -0.645. The van der Waals surface area contributed by atoms with Crippen molar-refractivity contribution < 1.29 is 17.9 Å². The van der Waals surface area contributed by atoms with E-state index in [9.17, 15) is 13.2 Å². The average molecular weight is 341 g/mol. The molecule has 1 saturated heterocycles. The first-order chi connectivity index (χ1) is 10.8. The number of carbonyl (C=O) groups is 1. The third kappa shape index (κ3) is 4.08. The Morgan fingerprint density at radius 1 is 1.48 bits per heavy atom. The molecule has 1 aliphatic rings. The Bertz CT molecular complexity index is 682. The minimum Gasteiger partial charge on any atom is -0.383 e. The average Bonchev–Trinajstić information content (AvgIpc) is 2.95. The van der Waals surface area contributed by atoms with E-state index in [1.807, 2.05) is 0 Å². The van der Waals surface area contributed by atoms with Crippen LogP contribution in [0, 0.1) is 6.92 Å². The first-order valence-corrected chi connectivity index (χ1v) is 8.92. The van der Waals surface area contributed by atoms with Gasteiger partial charge < -0.3 is 15.8 Å². The lowest BCUT2D eigenvalue weighted by molar-refractivity contribution is 0.0999. The summed E-state index contributed by atoms with van der Waals surface area (Å²) in [6, 6.07) is 4.35. The number of hydrogen-bond acceptors (Lipinski definition) is 5. The first-order valence-electron chi connectivity index (χ1n) is 7.44. The molecule has 1 unspecified atom stereocenters. The molecule has 1 aromatic carbocycles. The van der Waals surface area contributed by atoms with Crippen LogP contribution in [0.15, 0.2) is 23.1 Å². The lowest BCUT2D eigenvalue weighted by atomic mass is 9.99. The summed E-state index contributed by atoms with van der Waals surface area (Å²) in [5.41, 5.74) is 5.74. The van der Waals surface area contributed by atoms with Gasteiger partial charge in [-0.05, 0) is 44.0 Å². The summed E-state index contributed by atoms with van der Waals surface area (Å²) in [7, 11) is -2.14. The van der Waals surface area contributed by atoms with Crippen molar-refractivity contribution in [2.24, 2.45) is 5.73 Å². The number of rotatable bonds is 7. The lowest BCUT2D eigenvalue weighted by Crippen LogP contribution is -2.52. The monoisotopic (exact) mass is 341 g/mol. The maximum atomic E-state index is 12.5. The van der Waals surface area contributed by atoms with Gasteiger partial charge in [-0.15, -0.1) is 0 Å². The molecule has 0 radical (unpaired) electrons. The van der Waals surface area contributed by atoms with Gasteiger partial charge in [-0.2, -0.15) is 0 Å². The molecular weight excluding hydrogens is 318 g/mol. The fourth-order valence-corrected chi connectivity index (χ4v) is 3.97. The lowest BCUT2D eigenvalue weighted by Gasteiger charge is -2.28. The van der Waals surface area contributed by atoms with Crippen LogP contribution >= 0.6 is 0 Å². The van der Waals surface area contributed by atoms with Crippen LogP contribution in [0.1, 0.15) is 28.8 Å². The van der Waals surface area contributed by atoms with Crippen molar-refractivity contribution in [2.45, 2.75) is 30.2 Å². The van der Waals surface area contributed by atoms with E-state index in [-0.39, 0.29) is 22.5 Å². The highest BCUT2D eigenvalue weighted by molar-refractivity contribution is 7.89. The van der Waals surface area contributed by atoms with Crippen LogP contribution in [-0.4, -0.2) is 46.7 Å². The van der Waals surface area contributed by atoms with Gasteiger partial charge in [-0.25, -0.2) is 13.1 Å². The smallest absolute Gasteiger partial charge is 0.249 e. The molecule has 128 valence electrons.